The van der Waals surface area contributed by atoms with Gasteiger partial charge in [-0.05, 0) is 277 Å². The average molecular weight is 1240 g/mol. The molecule has 8 heteroatoms. The first kappa shape index (κ1) is 57.1. The first-order valence-electron chi connectivity index (χ1n) is 39.5. The zero-order valence-electron chi connectivity index (χ0n) is 56.1. The molecule has 0 radical (unpaired) electrons. The fourth-order valence-electron chi connectivity index (χ4n) is 32.1. The molecule has 7 heterocycles. The van der Waals surface area contributed by atoms with Crippen molar-refractivity contribution in [2.75, 3.05) is 19.6 Å². The summed E-state index contributed by atoms with van der Waals surface area (Å²) in [5, 5.41) is 14.7. The number of rotatable bonds is 3. The summed E-state index contributed by atoms with van der Waals surface area (Å²) in [6, 6.07) is 7.57. The number of aliphatic hydroxyl groups is 1. The Morgan fingerprint density at radius 3 is 2.54 bits per heavy atom. The summed E-state index contributed by atoms with van der Waals surface area (Å²) < 4.78 is 15.5. The van der Waals surface area contributed by atoms with Gasteiger partial charge in [-0.2, -0.15) is 0 Å². The van der Waals surface area contributed by atoms with Crippen LogP contribution >= 0.6 is 0 Å². The molecular weight excluding hydrogens is 1130 g/mol. The van der Waals surface area contributed by atoms with Crippen molar-refractivity contribution in [3.63, 3.8) is 0 Å². The minimum Gasteiger partial charge on any atom is -0.509 e. The van der Waals surface area contributed by atoms with Gasteiger partial charge in [0.15, 0.2) is 11.4 Å². The Balaban J connectivity index is 0.826. The third-order valence-corrected chi connectivity index (χ3v) is 34.5. The number of carbonyl (C=O) groups excluding carboxylic acids is 2. The summed E-state index contributed by atoms with van der Waals surface area (Å²) in [6.45, 7) is 7.95. The van der Waals surface area contributed by atoms with E-state index in [4.69, 9.17) is 15.2 Å². The zero-order chi connectivity index (χ0) is 61.2. The molecule has 7 spiro atoms. The highest BCUT2D eigenvalue weighted by Crippen LogP contribution is 2.89. The molecule has 3 saturated heterocycles. The summed E-state index contributed by atoms with van der Waals surface area (Å²) >= 11 is 0. The van der Waals surface area contributed by atoms with Crippen LogP contribution in [0.5, 0.6) is 0 Å². The van der Waals surface area contributed by atoms with Gasteiger partial charge in [0.2, 0.25) is 0 Å². The highest BCUT2D eigenvalue weighted by Gasteiger charge is 2.94. The number of esters is 2. The molecule has 8 saturated carbocycles. The van der Waals surface area contributed by atoms with E-state index in [9.17, 15) is 5.11 Å². The smallest absolute Gasteiger partial charge is 0.339 e. The van der Waals surface area contributed by atoms with Crippen molar-refractivity contribution in [1.29, 1.82) is 0 Å². The molecule has 92 heavy (non-hydrogen) atoms. The van der Waals surface area contributed by atoms with E-state index in [1.54, 1.807) is 22.4 Å². The lowest BCUT2D eigenvalue weighted by Crippen LogP contribution is -2.78. The minimum absolute atomic E-state index is 0.0786. The number of nitrogens with zero attached hydrogens (tertiary/aromatic N) is 2. The third kappa shape index (κ3) is 6.76. The normalized spacial score (nSPS) is 51.9. The van der Waals surface area contributed by atoms with E-state index >= 15 is 9.59 Å². The molecular formula is C84H107N3O5. The maximum absolute atomic E-state index is 17.5. The van der Waals surface area contributed by atoms with Gasteiger partial charge in [-0.25, -0.2) is 4.79 Å². The zero-order valence-corrected chi connectivity index (χ0v) is 56.1. The van der Waals surface area contributed by atoms with Gasteiger partial charge in [0.1, 0.15) is 11.2 Å². The second kappa shape index (κ2) is 19.6. The maximum atomic E-state index is 17.5. The van der Waals surface area contributed by atoms with Gasteiger partial charge in [-0.15, -0.1) is 5.92 Å². The van der Waals surface area contributed by atoms with E-state index in [2.05, 4.69) is 71.9 Å². The molecule has 7 aliphatic heterocycles. The minimum atomic E-state index is -1.20. The fourth-order valence-corrected chi connectivity index (χ4v) is 32.1. The Hall–Kier alpha value is -4.06. The highest BCUT2D eigenvalue weighted by molar-refractivity contribution is 6.00. The molecule has 1 aromatic carbocycles. The van der Waals surface area contributed by atoms with Crippen LogP contribution in [-0.2, 0) is 26.3 Å². The first-order chi connectivity index (χ1) is 44.9. The molecule has 0 unspecified atom stereocenters. The molecule has 0 aromatic heterocycles. The monoisotopic (exact) mass is 1240 g/mol. The van der Waals surface area contributed by atoms with Crippen LogP contribution in [0.15, 0.2) is 75.9 Å². The van der Waals surface area contributed by atoms with Crippen molar-refractivity contribution in [2.24, 2.45) is 127 Å². The first-order valence-corrected chi connectivity index (χ1v) is 39.5. The number of allylic oxidation sites excluding steroid dienone is 6. The van der Waals surface area contributed by atoms with Gasteiger partial charge in [0, 0.05) is 73.1 Å². The van der Waals surface area contributed by atoms with Crippen molar-refractivity contribution >= 4 is 11.9 Å². The van der Waals surface area contributed by atoms with Gasteiger partial charge in [-0.1, -0.05) is 111 Å². The lowest BCUT2D eigenvalue weighted by Gasteiger charge is -2.73. The Bertz CT molecular complexity index is 3620. The van der Waals surface area contributed by atoms with Crippen molar-refractivity contribution in [1.82, 2.24) is 9.80 Å². The number of aryl methyl sites for hydroxylation is 1. The maximum Gasteiger partial charge on any atom is 0.339 e. The van der Waals surface area contributed by atoms with Crippen molar-refractivity contribution < 1.29 is 24.2 Å². The molecule has 488 valence electrons. The molecule has 8 nitrogen and oxygen atoms in total. The van der Waals surface area contributed by atoms with Crippen LogP contribution in [0.1, 0.15) is 247 Å². The third-order valence-electron chi connectivity index (χ3n) is 34.5. The average Bonchev–Trinajstić information content (AvgIpc) is 1.27. The summed E-state index contributed by atoms with van der Waals surface area (Å²) in [4.78, 5) is 39.8. The van der Waals surface area contributed by atoms with Gasteiger partial charge in [0.25, 0.3) is 0 Å². The number of hydrogen-bond acceptors (Lipinski definition) is 8. The van der Waals surface area contributed by atoms with E-state index in [1.807, 2.05) is 0 Å². The van der Waals surface area contributed by atoms with Crippen LogP contribution in [-0.4, -0.2) is 64.6 Å². The van der Waals surface area contributed by atoms with E-state index in [0.29, 0.717) is 119 Å². The molecule has 0 amide bonds. The molecule has 3 N–H and O–H groups in total. The lowest BCUT2D eigenvalue weighted by molar-refractivity contribution is -0.283. The number of fused-ring (bicyclic) bond motifs is 11. The number of nitrogens with two attached hydrogens (primary N) is 1. The quantitative estimate of drug-likeness (QED) is 0.175. The second-order valence-electron chi connectivity index (χ2n) is 37.0. The van der Waals surface area contributed by atoms with E-state index in [1.165, 1.54) is 166 Å². The van der Waals surface area contributed by atoms with Crippen LogP contribution in [0.3, 0.4) is 0 Å². The van der Waals surface area contributed by atoms with E-state index in [0.717, 1.165) is 74.2 Å². The number of hydrogen-bond donors (Lipinski definition) is 2. The number of carbonyl (C=O) groups is 2. The second-order valence-corrected chi connectivity index (χ2v) is 37.0. The van der Waals surface area contributed by atoms with Crippen LogP contribution in [0.4, 0.5) is 0 Å². The van der Waals surface area contributed by atoms with Crippen LogP contribution < -0.4 is 5.73 Å². The standard InChI is InChI=1S/C84H107N3O5/c1-48-12-5-14-51-38-55-40-62-49(2)37-53-22-24-67-56-39-57-47-87(67)74(53)72(62)61-26-34-82-75(69(88)42-68-58-44-79(28-3-4-29-79)81(45-58)32-11-31-80(81)30-9-18-59(80)17-7-20-66(57)86(68)46-56)91-77(90)83(82,73(55)61)70(84(82)65-19-6-13-50(16-10-35-85)71(65)76(89)92-84)41-63(51)54-15-8-27-78(43-54)33-25-60-52(36-48)21-23-64(60)78/h6,13,19,21,23,38,48-49,52,54-60,62-64,66-68,70,72,88H,3-5,8-12,14-16,18,20,22,24-37,39-47,85H2,1-2H3/b51-38-,75-69-/t48-,49+,52+,54-,55-,56-,57-,58-,59+,60-,62-,63-,64+,66-,67-,68+,70-,72+,78+,80+,81-,82+,83+,84+/m0/s1. The summed E-state index contributed by atoms with van der Waals surface area (Å²) in [6.07, 6.45) is 48.2. The van der Waals surface area contributed by atoms with Crippen molar-refractivity contribution in [3.05, 3.63) is 92.6 Å². The van der Waals surface area contributed by atoms with Crippen LogP contribution in [0.2, 0.25) is 0 Å². The van der Waals surface area contributed by atoms with Gasteiger partial charge < -0.3 is 25.2 Å². The van der Waals surface area contributed by atoms with Crippen LogP contribution in [0, 0.1) is 133 Å². The number of piperidine rings is 2. The lowest BCUT2D eigenvalue weighted by atomic mass is 9.27. The van der Waals surface area contributed by atoms with Crippen molar-refractivity contribution in [2.45, 2.75) is 256 Å². The number of ether oxygens (including phenoxy) is 2. The summed E-state index contributed by atoms with van der Waals surface area (Å²) in [5.41, 5.74) is 15.0. The van der Waals surface area contributed by atoms with Gasteiger partial charge >= 0.3 is 11.9 Å². The Morgan fingerprint density at radius 1 is 0.761 bits per heavy atom. The summed E-state index contributed by atoms with van der Waals surface area (Å²) in [7, 11) is 0. The molecule has 11 fully saturated rings. The number of aliphatic hydroxyl groups excluding tert-OH is 1. The molecule has 1 aromatic rings. The Morgan fingerprint density at radius 2 is 1.64 bits per heavy atom. The largest absolute Gasteiger partial charge is 0.509 e. The van der Waals surface area contributed by atoms with Crippen LogP contribution in [0.25, 0.3) is 0 Å². The molecule has 20 aliphatic rings. The molecule has 15 bridgehead atoms. The number of benzene rings is 1. The fraction of sp³-hybridized carbons (Fsp3) is 0.762. The highest BCUT2D eigenvalue weighted by atomic mass is 16.6. The van der Waals surface area contributed by atoms with Crippen molar-refractivity contribution in [3.8, 4) is 11.8 Å². The van der Waals surface area contributed by atoms with E-state index in [-0.39, 0.29) is 52.5 Å². The summed E-state index contributed by atoms with van der Waals surface area (Å²) in [5.74, 6) is 15.6. The molecule has 13 aliphatic carbocycles. The van der Waals surface area contributed by atoms with Gasteiger partial charge in [0.05, 0.1) is 11.0 Å². The Kier molecular flexibility index (Phi) is 12.2. The molecule has 24 atom stereocenters. The van der Waals surface area contributed by atoms with E-state index < -0.39 is 16.4 Å². The molecule has 21 rings (SSSR count). The topological polar surface area (TPSA) is 105 Å². The predicted molar refractivity (Wildman–Crippen MR) is 357 cm³/mol. The Labute approximate surface area is 550 Å². The predicted octanol–water partition coefficient (Wildman–Crippen LogP) is 16.9. The van der Waals surface area contributed by atoms with Gasteiger partial charge in [-0.3, -0.25) is 9.69 Å². The SMILES string of the molecule is C[C@H]1CCC/C2=C/[C@H]3C[C@@H]4[C@H]5C6=C3[C@]37C(=O)O/C(=C(\O)C[C@@H]8[C@H]9CC%10(CCCC%10)[C@]%10(CCC[C@@]%10%11CCC[C@H]%11C#CC[C@H]%10[C@H]%11C[C@@H](CN8%10)[C@@H]8CCC(=C5N8C%11)C[C@H]4C)C9)[C@@]3(CC6)[C@]3(OC(=O)c4c(CCCN)cccc43)[C@H]7C[C@@H]2[C@H]2CCC[C@@]3(CC[C@H]4[C@H](C=C[C@H]43)C1)C2.